The summed E-state index contributed by atoms with van der Waals surface area (Å²) in [4.78, 5) is 6.75. The molecule has 2 rings (SSSR count). The molecule has 1 aromatic rings. The number of likely N-dealkylation sites (N-methyl/N-ethyl adjacent to an activating group) is 1. The Bertz CT molecular complexity index is 558. The normalized spacial score (nSPS) is 16.6. The molecule has 1 aliphatic rings. The van der Waals surface area contributed by atoms with Crippen molar-refractivity contribution in [1.82, 2.24) is 15.5 Å². The van der Waals surface area contributed by atoms with Crippen LogP contribution in [-0.4, -0.2) is 63.8 Å². The second-order valence-electron chi connectivity index (χ2n) is 6.91. The zero-order valence-electron chi connectivity index (χ0n) is 16.6. The average molecular weight is 363 g/mol. The van der Waals surface area contributed by atoms with Crippen molar-refractivity contribution in [1.29, 1.82) is 0 Å². The Morgan fingerprint density at radius 3 is 2.69 bits per heavy atom. The summed E-state index contributed by atoms with van der Waals surface area (Å²) in [5.74, 6) is 2.41. The van der Waals surface area contributed by atoms with Gasteiger partial charge in [0.2, 0.25) is 0 Å². The molecule has 1 aliphatic carbocycles. The molecule has 26 heavy (non-hydrogen) atoms. The quantitative estimate of drug-likeness (QED) is 0.522. The lowest BCUT2D eigenvalue weighted by atomic mass is 10.2. The van der Waals surface area contributed by atoms with E-state index in [-0.39, 0.29) is 6.10 Å². The van der Waals surface area contributed by atoms with E-state index in [1.807, 2.05) is 31.2 Å². The van der Waals surface area contributed by atoms with Crippen LogP contribution in [0.15, 0.2) is 29.3 Å². The van der Waals surface area contributed by atoms with Gasteiger partial charge in [0.05, 0.1) is 13.7 Å². The van der Waals surface area contributed by atoms with E-state index in [4.69, 9.17) is 9.47 Å². The first-order valence-electron chi connectivity index (χ1n) is 9.58. The second kappa shape index (κ2) is 10.9. The van der Waals surface area contributed by atoms with Crippen LogP contribution in [0.4, 0.5) is 0 Å². The van der Waals surface area contributed by atoms with Gasteiger partial charge in [-0.2, -0.15) is 0 Å². The van der Waals surface area contributed by atoms with Crippen LogP contribution in [0.5, 0.6) is 11.5 Å². The molecule has 0 saturated heterocycles. The summed E-state index contributed by atoms with van der Waals surface area (Å²) in [6, 6.07) is 8.41. The predicted octanol–water partition coefficient (Wildman–Crippen LogP) is 2.50. The summed E-state index contributed by atoms with van der Waals surface area (Å²) in [5.41, 5.74) is 0. The number of nitrogens with one attached hydrogen (secondary N) is 2. The minimum atomic E-state index is 0.0156. The molecule has 6 heteroatoms. The second-order valence-corrected chi connectivity index (χ2v) is 6.91. The molecule has 0 bridgehead atoms. The fourth-order valence-corrected chi connectivity index (χ4v) is 3.29. The Morgan fingerprint density at radius 2 is 2.00 bits per heavy atom. The van der Waals surface area contributed by atoms with Gasteiger partial charge in [0, 0.05) is 32.2 Å². The molecular weight excluding hydrogens is 328 g/mol. The highest BCUT2D eigenvalue weighted by Gasteiger charge is 2.18. The third-order valence-electron chi connectivity index (χ3n) is 4.86. The first-order valence-corrected chi connectivity index (χ1v) is 9.58. The summed E-state index contributed by atoms with van der Waals surface area (Å²) in [7, 11) is 5.67. The summed E-state index contributed by atoms with van der Waals surface area (Å²) in [5, 5.41) is 6.71. The maximum absolute atomic E-state index is 5.93. The van der Waals surface area contributed by atoms with Crippen LogP contribution < -0.4 is 20.1 Å². The number of aliphatic imine (C=N–C) groups is 1. The number of nitrogens with zero attached hydrogens (tertiary/aromatic N) is 2. The lowest BCUT2D eigenvalue weighted by molar-refractivity contribution is 0.222. The summed E-state index contributed by atoms with van der Waals surface area (Å²) >= 11 is 0. The van der Waals surface area contributed by atoms with Gasteiger partial charge in [-0.1, -0.05) is 18.9 Å². The molecule has 1 aromatic carbocycles. The van der Waals surface area contributed by atoms with Crippen molar-refractivity contribution in [3.8, 4) is 11.5 Å². The van der Waals surface area contributed by atoms with Crippen LogP contribution in [-0.2, 0) is 0 Å². The Kier molecular flexibility index (Phi) is 8.54. The summed E-state index contributed by atoms with van der Waals surface area (Å²) in [6.07, 6.45) is 5.43. The predicted molar refractivity (Wildman–Crippen MR) is 107 cm³/mol. The zero-order chi connectivity index (χ0) is 18.8. The van der Waals surface area contributed by atoms with Crippen molar-refractivity contribution >= 4 is 5.96 Å². The molecule has 1 atom stereocenters. The van der Waals surface area contributed by atoms with Crippen LogP contribution in [0.3, 0.4) is 0 Å². The smallest absolute Gasteiger partial charge is 0.191 e. The Labute approximate surface area is 158 Å². The van der Waals surface area contributed by atoms with E-state index < -0.39 is 0 Å². The van der Waals surface area contributed by atoms with Crippen LogP contribution >= 0.6 is 0 Å². The van der Waals surface area contributed by atoms with Gasteiger partial charge in [-0.15, -0.1) is 0 Å². The van der Waals surface area contributed by atoms with Crippen molar-refractivity contribution in [2.75, 3.05) is 40.8 Å². The lowest BCUT2D eigenvalue weighted by Gasteiger charge is -2.24. The highest BCUT2D eigenvalue weighted by molar-refractivity contribution is 5.79. The van der Waals surface area contributed by atoms with Crippen molar-refractivity contribution < 1.29 is 9.47 Å². The number of guanidine groups is 1. The minimum Gasteiger partial charge on any atom is -0.497 e. The number of benzene rings is 1. The fourth-order valence-electron chi connectivity index (χ4n) is 3.29. The van der Waals surface area contributed by atoms with Gasteiger partial charge in [-0.05, 0) is 38.9 Å². The molecule has 0 radical (unpaired) electrons. The molecule has 0 aliphatic heterocycles. The third-order valence-corrected chi connectivity index (χ3v) is 4.86. The van der Waals surface area contributed by atoms with Gasteiger partial charge in [0.25, 0.3) is 0 Å². The van der Waals surface area contributed by atoms with Crippen molar-refractivity contribution in [3.05, 3.63) is 24.3 Å². The molecule has 146 valence electrons. The SMILES string of the molecule is CN=C(NCCN(C)C1CCCC1)NCC(C)Oc1cccc(OC)c1. The van der Waals surface area contributed by atoms with Crippen LogP contribution in [0.1, 0.15) is 32.6 Å². The molecule has 6 nitrogen and oxygen atoms in total. The molecule has 0 amide bonds. The van der Waals surface area contributed by atoms with E-state index in [9.17, 15) is 0 Å². The van der Waals surface area contributed by atoms with E-state index in [0.29, 0.717) is 6.54 Å². The highest BCUT2D eigenvalue weighted by atomic mass is 16.5. The molecule has 1 unspecified atom stereocenters. The van der Waals surface area contributed by atoms with E-state index in [1.165, 1.54) is 25.7 Å². The van der Waals surface area contributed by atoms with Crippen molar-refractivity contribution in [3.63, 3.8) is 0 Å². The van der Waals surface area contributed by atoms with Gasteiger partial charge in [0.1, 0.15) is 17.6 Å². The number of rotatable bonds is 9. The maximum Gasteiger partial charge on any atom is 0.191 e. The molecule has 2 N–H and O–H groups in total. The topological polar surface area (TPSA) is 58.1 Å². The molecule has 1 fully saturated rings. The van der Waals surface area contributed by atoms with E-state index in [2.05, 4.69) is 27.6 Å². The van der Waals surface area contributed by atoms with Crippen LogP contribution in [0.2, 0.25) is 0 Å². The molecule has 0 spiro atoms. The number of hydrogen-bond acceptors (Lipinski definition) is 4. The minimum absolute atomic E-state index is 0.0156. The van der Waals surface area contributed by atoms with Gasteiger partial charge >= 0.3 is 0 Å². The first-order chi connectivity index (χ1) is 12.6. The van der Waals surface area contributed by atoms with E-state index >= 15 is 0 Å². The van der Waals surface area contributed by atoms with E-state index in [0.717, 1.165) is 36.6 Å². The number of hydrogen-bond donors (Lipinski definition) is 2. The molecule has 0 heterocycles. The van der Waals surface area contributed by atoms with Gasteiger partial charge in [0.15, 0.2) is 5.96 Å². The van der Waals surface area contributed by atoms with E-state index in [1.54, 1.807) is 14.2 Å². The first kappa shape index (κ1) is 20.4. The molecule has 0 aromatic heterocycles. The number of ether oxygens (including phenoxy) is 2. The third kappa shape index (κ3) is 6.75. The molecule has 1 saturated carbocycles. The van der Waals surface area contributed by atoms with Crippen LogP contribution in [0, 0.1) is 0 Å². The van der Waals surface area contributed by atoms with Gasteiger partial charge in [-0.3, -0.25) is 4.99 Å². The maximum atomic E-state index is 5.93. The van der Waals surface area contributed by atoms with Crippen LogP contribution in [0.25, 0.3) is 0 Å². The van der Waals surface area contributed by atoms with Crippen molar-refractivity contribution in [2.24, 2.45) is 4.99 Å². The average Bonchev–Trinajstić information content (AvgIpc) is 3.19. The lowest BCUT2D eigenvalue weighted by Crippen LogP contribution is -2.44. The summed E-state index contributed by atoms with van der Waals surface area (Å²) < 4.78 is 11.2. The van der Waals surface area contributed by atoms with Gasteiger partial charge < -0.3 is 25.0 Å². The highest BCUT2D eigenvalue weighted by Crippen LogP contribution is 2.22. The largest absolute Gasteiger partial charge is 0.497 e. The standard InChI is InChI=1S/C20H34N4O2/c1-16(26-19-11-7-10-18(14-19)25-4)15-23-20(21-2)22-12-13-24(3)17-8-5-6-9-17/h7,10-11,14,16-17H,5-6,8-9,12-13,15H2,1-4H3,(H2,21,22,23). The number of methoxy groups -OCH3 is 1. The Hall–Kier alpha value is -1.95. The van der Waals surface area contributed by atoms with Crippen molar-refractivity contribution in [2.45, 2.75) is 44.8 Å². The monoisotopic (exact) mass is 362 g/mol. The van der Waals surface area contributed by atoms with Gasteiger partial charge in [-0.25, -0.2) is 0 Å². The Morgan fingerprint density at radius 1 is 1.27 bits per heavy atom. The summed E-state index contributed by atoms with van der Waals surface area (Å²) in [6.45, 7) is 4.63. The zero-order valence-corrected chi connectivity index (χ0v) is 16.6. The molecular formula is C20H34N4O2. The fraction of sp³-hybridized carbons (Fsp3) is 0.650. The Balaban J connectivity index is 1.67.